The summed E-state index contributed by atoms with van der Waals surface area (Å²) in [6, 6.07) is 5.13. The van der Waals surface area contributed by atoms with E-state index in [0.717, 1.165) is 5.92 Å². The van der Waals surface area contributed by atoms with Gasteiger partial charge in [0.1, 0.15) is 0 Å². The highest BCUT2D eigenvalue weighted by atomic mass is 79.9. The van der Waals surface area contributed by atoms with Gasteiger partial charge in [-0.15, -0.1) is 0 Å². The molecule has 2 rings (SSSR count). The van der Waals surface area contributed by atoms with E-state index in [1.807, 2.05) is 0 Å². The van der Waals surface area contributed by atoms with Crippen molar-refractivity contribution in [1.29, 1.82) is 0 Å². The first-order valence-electron chi connectivity index (χ1n) is 7.32. The van der Waals surface area contributed by atoms with Gasteiger partial charge in [-0.3, -0.25) is 0 Å². The Hall–Kier alpha value is -0.500. The fourth-order valence-corrected chi connectivity index (χ4v) is 3.63. The Kier molecular flexibility index (Phi) is 4.29. The molecule has 2 atom stereocenters. The zero-order valence-electron chi connectivity index (χ0n) is 12.8. The summed E-state index contributed by atoms with van der Waals surface area (Å²) in [5.41, 5.74) is 4.41. The van der Waals surface area contributed by atoms with Crippen LogP contribution in [0.4, 0.5) is 5.69 Å². The van der Waals surface area contributed by atoms with Gasteiger partial charge in [-0.2, -0.15) is 0 Å². The highest BCUT2D eigenvalue weighted by Gasteiger charge is 2.32. The third-order valence-electron chi connectivity index (χ3n) is 4.48. The second-order valence-corrected chi connectivity index (χ2v) is 7.85. The summed E-state index contributed by atoms with van der Waals surface area (Å²) in [5, 5.41) is 3.76. The van der Waals surface area contributed by atoms with E-state index in [0.29, 0.717) is 11.5 Å². The summed E-state index contributed by atoms with van der Waals surface area (Å²) in [7, 11) is 0. The van der Waals surface area contributed by atoms with Crippen LogP contribution >= 0.6 is 15.9 Å². The lowest BCUT2D eigenvalue weighted by atomic mass is 9.70. The second-order valence-electron chi connectivity index (χ2n) is 7.06. The predicted molar refractivity (Wildman–Crippen MR) is 87.8 cm³/mol. The van der Waals surface area contributed by atoms with E-state index >= 15 is 0 Å². The first-order valence-corrected chi connectivity index (χ1v) is 8.11. The maximum absolute atomic E-state index is 3.76. The van der Waals surface area contributed by atoms with E-state index in [4.69, 9.17) is 0 Å². The molecule has 0 aromatic heterocycles. The van der Waals surface area contributed by atoms with Crippen molar-refractivity contribution in [3.63, 3.8) is 0 Å². The molecule has 0 heterocycles. The number of halogens is 1. The van der Waals surface area contributed by atoms with Crippen LogP contribution in [0, 0.1) is 25.2 Å². The van der Waals surface area contributed by atoms with Gasteiger partial charge in [-0.1, -0.05) is 36.7 Å². The molecule has 2 heteroatoms. The van der Waals surface area contributed by atoms with Crippen molar-refractivity contribution in [2.24, 2.45) is 11.3 Å². The van der Waals surface area contributed by atoms with Crippen LogP contribution in [0.2, 0.25) is 0 Å². The van der Waals surface area contributed by atoms with Crippen molar-refractivity contribution in [2.75, 3.05) is 5.32 Å². The molecule has 106 valence electrons. The van der Waals surface area contributed by atoms with Crippen LogP contribution in [-0.4, -0.2) is 6.04 Å². The molecule has 0 bridgehead atoms. The zero-order chi connectivity index (χ0) is 14.2. The standard InChI is InChI=1S/C17H26BrN/c1-11-8-14(9-12(2)16(11)18)19-15-6-7-17(4,5)10-13(15)3/h8-9,13,15,19H,6-7,10H2,1-5H3. The topological polar surface area (TPSA) is 12.0 Å². The number of benzene rings is 1. The van der Waals surface area contributed by atoms with Gasteiger partial charge in [-0.25, -0.2) is 0 Å². The van der Waals surface area contributed by atoms with Crippen molar-refractivity contribution in [1.82, 2.24) is 0 Å². The van der Waals surface area contributed by atoms with Gasteiger partial charge in [0.2, 0.25) is 0 Å². The Morgan fingerprint density at radius 1 is 1.21 bits per heavy atom. The lowest BCUT2D eigenvalue weighted by Crippen LogP contribution is -2.36. The summed E-state index contributed by atoms with van der Waals surface area (Å²) in [6.07, 6.45) is 3.92. The molecule has 1 saturated carbocycles. The lowest BCUT2D eigenvalue weighted by Gasteiger charge is -2.40. The monoisotopic (exact) mass is 323 g/mol. The van der Waals surface area contributed by atoms with Gasteiger partial charge in [0, 0.05) is 16.2 Å². The highest BCUT2D eigenvalue weighted by molar-refractivity contribution is 9.10. The van der Waals surface area contributed by atoms with Crippen molar-refractivity contribution in [2.45, 2.75) is 59.9 Å². The van der Waals surface area contributed by atoms with Crippen LogP contribution in [0.3, 0.4) is 0 Å². The second kappa shape index (κ2) is 5.47. The Labute approximate surface area is 126 Å². The number of rotatable bonds is 2. The molecule has 19 heavy (non-hydrogen) atoms. The van der Waals surface area contributed by atoms with Crippen LogP contribution < -0.4 is 5.32 Å². The molecule has 1 aliphatic rings. The minimum Gasteiger partial charge on any atom is -0.382 e. The lowest BCUT2D eigenvalue weighted by molar-refractivity contribution is 0.177. The summed E-state index contributed by atoms with van der Waals surface area (Å²) >= 11 is 3.64. The molecular weight excluding hydrogens is 298 g/mol. The van der Waals surface area contributed by atoms with E-state index in [1.54, 1.807) is 0 Å². The molecule has 1 fully saturated rings. The van der Waals surface area contributed by atoms with Crippen molar-refractivity contribution >= 4 is 21.6 Å². The normalized spacial score (nSPS) is 26.2. The maximum Gasteiger partial charge on any atom is 0.0348 e. The van der Waals surface area contributed by atoms with Gasteiger partial charge in [0.15, 0.2) is 0 Å². The largest absolute Gasteiger partial charge is 0.382 e. The highest BCUT2D eigenvalue weighted by Crippen LogP contribution is 2.39. The van der Waals surface area contributed by atoms with Crippen LogP contribution in [0.5, 0.6) is 0 Å². The molecule has 0 spiro atoms. The fourth-order valence-electron chi connectivity index (χ4n) is 3.40. The third kappa shape index (κ3) is 3.53. The molecule has 1 nitrogen and oxygen atoms in total. The van der Waals surface area contributed by atoms with Gasteiger partial charge in [0.25, 0.3) is 0 Å². The first kappa shape index (κ1) is 14.9. The van der Waals surface area contributed by atoms with Gasteiger partial charge in [0.05, 0.1) is 0 Å². The SMILES string of the molecule is Cc1cc(NC2CCC(C)(C)CC2C)cc(C)c1Br. The van der Waals surface area contributed by atoms with Crippen LogP contribution in [0.15, 0.2) is 16.6 Å². The van der Waals surface area contributed by atoms with E-state index in [2.05, 4.69) is 68.0 Å². The molecule has 0 amide bonds. The quantitative estimate of drug-likeness (QED) is 0.736. The minimum absolute atomic E-state index is 0.517. The summed E-state index contributed by atoms with van der Waals surface area (Å²) in [4.78, 5) is 0. The summed E-state index contributed by atoms with van der Waals surface area (Å²) < 4.78 is 1.23. The van der Waals surface area contributed by atoms with E-state index in [9.17, 15) is 0 Å². The molecule has 2 unspecified atom stereocenters. The van der Waals surface area contributed by atoms with Gasteiger partial charge >= 0.3 is 0 Å². The number of aryl methyl sites for hydroxylation is 2. The average molecular weight is 324 g/mol. The van der Waals surface area contributed by atoms with Crippen molar-refractivity contribution in [3.8, 4) is 0 Å². The van der Waals surface area contributed by atoms with Crippen LogP contribution in [-0.2, 0) is 0 Å². The maximum atomic E-state index is 3.76. The molecule has 0 saturated heterocycles. The van der Waals surface area contributed by atoms with Crippen molar-refractivity contribution in [3.05, 3.63) is 27.7 Å². The van der Waals surface area contributed by atoms with E-state index in [-0.39, 0.29) is 0 Å². The fraction of sp³-hybridized carbons (Fsp3) is 0.647. The Morgan fingerprint density at radius 2 is 1.79 bits per heavy atom. The summed E-state index contributed by atoms with van der Waals surface area (Å²) in [5.74, 6) is 0.744. The molecule has 1 aromatic carbocycles. The predicted octanol–water partition coefficient (Wildman–Crippen LogP) is 5.69. The number of nitrogens with one attached hydrogen (secondary N) is 1. The first-order chi connectivity index (χ1) is 8.78. The van der Waals surface area contributed by atoms with Gasteiger partial charge in [-0.05, 0) is 67.7 Å². The minimum atomic E-state index is 0.517. The summed E-state index contributed by atoms with van der Waals surface area (Å²) in [6.45, 7) is 11.5. The van der Waals surface area contributed by atoms with Crippen LogP contribution in [0.1, 0.15) is 51.2 Å². The van der Waals surface area contributed by atoms with E-state index in [1.165, 1.54) is 40.5 Å². The number of hydrogen-bond donors (Lipinski definition) is 1. The number of anilines is 1. The van der Waals surface area contributed by atoms with Crippen molar-refractivity contribution < 1.29 is 0 Å². The average Bonchev–Trinajstić information content (AvgIpc) is 2.29. The third-order valence-corrected chi connectivity index (χ3v) is 5.73. The zero-order valence-corrected chi connectivity index (χ0v) is 14.4. The molecule has 1 N–H and O–H groups in total. The molecule has 1 aromatic rings. The Morgan fingerprint density at radius 3 is 2.32 bits per heavy atom. The molecular formula is C17H26BrN. The van der Waals surface area contributed by atoms with Crippen LogP contribution in [0.25, 0.3) is 0 Å². The number of hydrogen-bond acceptors (Lipinski definition) is 1. The molecule has 0 aliphatic heterocycles. The Balaban J connectivity index is 2.10. The van der Waals surface area contributed by atoms with Gasteiger partial charge < -0.3 is 5.32 Å². The smallest absolute Gasteiger partial charge is 0.0348 e. The Bertz CT molecular complexity index is 441. The van der Waals surface area contributed by atoms with E-state index < -0.39 is 0 Å². The molecule has 0 radical (unpaired) electrons. The molecule has 1 aliphatic carbocycles.